The molecule has 1 fully saturated rings. The first-order valence-corrected chi connectivity index (χ1v) is 8.00. The predicted octanol–water partition coefficient (Wildman–Crippen LogP) is 3.38. The molecule has 1 aromatic rings. The van der Waals surface area contributed by atoms with Crippen molar-refractivity contribution in [3.05, 3.63) is 35.4 Å². The van der Waals surface area contributed by atoms with E-state index in [1.165, 1.54) is 24.8 Å². The third-order valence-electron chi connectivity index (χ3n) is 4.43. The van der Waals surface area contributed by atoms with Crippen LogP contribution in [0.3, 0.4) is 0 Å². The third-order valence-corrected chi connectivity index (χ3v) is 4.43. The Morgan fingerprint density at radius 1 is 1.29 bits per heavy atom. The summed E-state index contributed by atoms with van der Waals surface area (Å²) in [5.41, 5.74) is 2.27. The maximum absolute atomic E-state index is 12.2. The van der Waals surface area contributed by atoms with Crippen LogP contribution in [0.5, 0.6) is 0 Å². The molecular weight excluding hydrogens is 260 g/mol. The lowest BCUT2D eigenvalue weighted by Crippen LogP contribution is -2.40. The summed E-state index contributed by atoms with van der Waals surface area (Å²) in [6.07, 6.45) is 7.03. The summed E-state index contributed by atoms with van der Waals surface area (Å²) in [7, 11) is 0. The van der Waals surface area contributed by atoms with Gasteiger partial charge < -0.3 is 5.32 Å². The molecule has 1 aliphatic rings. The maximum atomic E-state index is 12.2. The molecule has 1 aliphatic carbocycles. The number of nitriles is 1. The van der Waals surface area contributed by atoms with Crippen molar-refractivity contribution >= 4 is 5.91 Å². The fraction of sp³-hybridized carbons (Fsp3) is 0.556. The topological polar surface area (TPSA) is 52.9 Å². The lowest BCUT2D eigenvalue weighted by atomic mass is 9.84. The van der Waals surface area contributed by atoms with Crippen molar-refractivity contribution in [2.75, 3.05) is 0 Å². The molecule has 1 aromatic carbocycles. The van der Waals surface area contributed by atoms with Crippen LogP contribution in [-0.2, 0) is 17.6 Å². The number of nitrogens with zero attached hydrogens (tertiary/aromatic N) is 1. The first-order valence-electron chi connectivity index (χ1n) is 8.00. The molecule has 0 heterocycles. The quantitative estimate of drug-likeness (QED) is 0.901. The Balaban J connectivity index is 1.95. The molecule has 2 rings (SSSR count). The fourth-order valence-corrected chi connectivity index (χ4v) is 3.20. The van der Waals surface area contributed by atoms with E-state index in [4.69, 9.17) is 0 Å². The Bertz CT molecular complexity index is 512. The number of nitrogens with one attached hydrogen (secondary N) is 1. The summed E-state index contributed by atoms with van der Waals surface area (Å²) >= 11 is 0. The Morgan fingerprint density at radius 3 is 2.57 bits per heavy atom. The molecule has 1 amide bonds. The summed E-state index contributed by atoms with van der Waals surface area (Å²) in [5, 5.41) is 12.3. The second-order valence-electron chi connectivity index (χ2n) is 5.87. The van der Waals surface area contributed by atoms with Gasteiger partial charge >= 0.3 is 0 Å². The van der Waals surface area contributed by atoms with Gasteiger partial charge in [-0.1, -0.05) is 50.5 Å². The summed E-state index contributed by atoms with van der Waals surface area (Å²) in [6.45, 7) is 2.09. The van der Waals surface area contributed by atoms with Crippen LogP contribution in [0.1, 0.15) is 50.2 Å². The van der Waals surface area contributed by atoms with E-state index in [9.17, 15) is 10.1 Å². The van der Waals surface area contributed by atoms with E-state index < -0.39 is 0 Å². The van der Waals surface area contributed by atoms with Gasteiger partial charge in [-0.15, -0.1) is 0 Å². The van der Waals surface area contributed by atoms with Crippen molar-refractivity contribution in [3.8, 4) is 6.07 Å². The van der Waals surface area contributed by atoms with Gasteiger partial charge in [-0.3, -0.25) is 4.79 Å². The molecule has 0 bridgehead atoms. The highest BCUT2D eigenvalue weighted by Crippen LogP contribution is 2.26. The van der Waals surface area contributed by atoms with Crippen LogP contribution in [0, 0.1) is 17.2 Å². The molecule has 112 valence electrons. The molecule has 3 nitrogen and oxygen atoms in total. The Morgan fingerprint density at radius 2 is 1.95 bits per heavy atom. The Kier molecular flexibility index (Phi) is 5.80. The van der Waals surface area contributed by atoms with Gasteiger partial charge in [0.05, 0.1) is 12.5 Å². The molecule has 3 heteroatoms. The molecule has 1 N–H and O–H groups in total. The van der Waals surface area contributed by atoms with Gasteiger partial charge in [-0.25, -0.2) is 0 Å². The minimum absolute atomic E-state index is 0.0342. The van der Waals surface area contributed by atoms with E-state index in [2.05, 4.69) is 24.4 Å². The Hall–Kier alpha value is -1.82. The van der Waals surface area contributed by atoms with Gasteiger partial charge in [0, 0.05) is 0 Å². The van der Waals surface area contributed by atoms with Gasteiger partial charge in [-0.05, 0) is 36.3 Å². The Labute approximate surface area is 127 Å². The van der Waals surface area contributed by atoms with Crippen molar-refractivity contribution < 1.29 is 4.79 Å². The van der Waals surface area contributed by atoms with Gasteiger partial charge in [0.2, 0.25) is 5.91 Å². The summed E-state index contributed by atoms with van der Waals surface area (Å²) in [4.78, 5) is 12.2. The SMILES string of the molecule is CCc1ccccc1CC(=O)NC(C#N)C1CCCCC1. The molecule has 1 atom stereocenters. The fourth-order valence-electron chi connectivity index (χ4n) is 3.20. The van der Waals surface area contributed by atoms with Crippen molar-refractivity contribution in [1.29, 1.82) is 5.26 Å². The number of rotatable bonds is 5. The second-order valence-corrected chi connectivity index (χ2v) is 5.87. The highest BCUT2D eigenvalue weighted by molar-refractivity contribution is 5.79. The van der Waals surface area contributed by atoms with Crippen molar-refractivity contribution in [3.63, 3.8) is 0 Å². The largest absolute Gasteiger partial charge is 0.340 e. The lowest BCUT2D eigenvalue weighted by Gasteiger charge is -2.26. The normalized spacial score (nSPS) is 17.0. The smallest absolute Gasteiger partial charge is 0.225 e. The molecule has 0 aliphatic heterocycles. The van der Waals surface area contributed by atoms with E-state index in [0.717, 1.165) is 24.8 Å². The van der Waals surface area contributed by atoms with Gasteiger partial charge in [0.25, 0.3) is 0 Å². The summed E-state index contributed by atoms with van der Waals surface area (Å²) < 4.78 is 0. The molecular formula is C18H24N2O. The number of carbonyl (C=O) groups is 1. The number of aryl methyl sites for hydroxylation is 1. The van der Waals surface area contributed by atoms with Crippen LogP contribution < -0.4 is 5.32 Å². The third kappa shape index (κ3) is 4.32. The zero-order valence-electron chi connectivity index (χ0n) is 12.8. The number of benzene rings is 1. The zero-order valence-corrected chi connectivity index (χ0v) is 12.8. The minimum Gasteiger partial charge on any atom is -0.340 e. The molecule has 0 saturated heterocycles. The van der Waals surface area contributed by atoms with Crippen molar-refractivity contribution in [1.82, 2.24) is 5.32 Å². The van der Waals surface area contributed by atoms with E-state index in [1.807, 2.05) is 18.2 Å². The average Bonchev–Trinajstić information content (AvgIpc) is 2.54. The number of hydrogen-bond acceptors (Lipinski definition) is 2. The molecule has 0 radical (unpaired) electrons. The average molecular weight is 284 g/mol. The van der Waals surface area contributed by atoms with E-state index in [-0.39, 0.29) is 11.9 Å². The lowest BCUT2D eigenvalue weighted by molar-refractivity contribution is -0.121. The summed E-state index contributed by atoms with van der Waals surface area (Å²) in [6, 6.07) is 9.98. The highest BCUT2D eigenvalue weighted by Gasteiger charge is 2.24. The monoisotopic (exact) mass is 284 g/mol. The van der Waals surface area contributed by atoms with E-state index in [1.54, 1.807) is 0 Å². The van der Waals surface area contributed by atoms with Crippen LogP contribution in [0.25, 0.3) is 0 Å². The van der Waals surface area contributed by atoms with Crippen LogP contribution in [0.4, 0.5) is 0 Å². The molecule has 1 unspecified atom stereocenters. The van der Waals surface area contributed by atoms with Gasteiger partial charge in [-0.2, -0.15) is 5.26 Å². The molecule has 21 heavy (non-hydrogen) atoms. The first-order chi connectivity index (χ1) is 10.2. The molecule has 0 spiro atoms. The molecule has 0 aromatic heterocycles. The second kappa shape index (κ2) is 7.83. The zero-order chi connectivity index (χ0) is 15.1. The highest BCUT2D eigenvalue weighted by atomic mass is 16.1. The first kappa shape index (κ1) is 15.6. The number of carbonyl (C=O) groups excluding carboxylic acids is 1. The predicted molar refractivity (Wildman–Crippen MR) is 83.6 cm³/mol. The standard InChI is InChI=1S/C18H24N2O/c1-2-14-8-6-7-11-16(14)12-18(21)20-17(13-19)15-9-4-3-5-10-15/h6-8,11,15,17H,2-5,9-10,12H2,1H3,(H,20,21). The molecule has 1 saturated carbocycles. The minimum atomic E-state index is -0.327. The summed E-state index contributed by atoms with van der Waals surface area (Å²) in [5.74, 6) is 0.294. The van der Waals surface area contributed by atoms with Gasteiger partial charge in [0.1, 0.15) is 6.04 Å². The van der Waals surface area contributed by atoms with Crippen LogP contribution in [0.2, 0.25) is 0 Å². The van der Waals surface area contributed by atoms with E-state index >= 15 is 0 Å². The van der Waals surface area contributed by atoms with Gasteiger partial charge in [0.15, 0.2) is 0 Å². The van der Waals surface area contributed by atoms with Crippen LogP contribution in [0.15, 0.2) is 24.3 Å². The van der Waals surface area contributed by atoms with Crippen LogP contribution >= 0.6 is 0 Å². The van der Waals surface area contributed by atoms with Crippen molar-refractivity contribution in [2.45, 2.75) is 57.9 Å². The van der Waals surface area contributed by atoms with E-state index in [0.29, 0.717) is 12.3 Å². The number of hydrogen-bond donors (Lipinski definition) is 1. The number of amides is 1. The van der Waals surface area contributed by atoms with Crippen molar-refractivity contribution in [2.24, 2.45) is 5.92 Å². The van der Waals surface area contributed by atoms with Crippen LogP contribution in [-0.4, -0.2) is 11.9 Å². The maximum Gasteiger partial charge on any atom is 0.225 e.